The van der Waals surface area contributed by atoms with E-state index in [0.717, 1.165) is 24.8 Å². The molecule has 76 heavy (non-hydrogen) atoms. The smallest absolute Gasteiger partial charge is 0.315 e. The molecule has 0 aromatic carbocycles. The minimum absolute atomic E-state index is 0.00832. The van der Waals surface area contributed by atoms with Gasteiger partial charge in [0.15, 0.2) is 18.9 Å². The van der Waals surface area contributed by atoms with Crippen molar-refractivity contribution in [2.75, 3.05) is 33.0 Å². The summed E-state index contributed by atoms with van der Waals surface area (Å²) < 4.78 is 48.6. The average molecular weight is 1090 g/mol. The van der Waals surface area contributed by atoms with Gasteiger partial charge in [-0.15, -0.1) is 0 Å². The Kier molecular flexibility index (Phi) is 17.0. The molecular formula is C53H86O23. The predicted octanol–water partition coefficient (Wildman–Crippen LogP) is -2.57. The van der Waals surface area contributed by atoms with Crippen LogP contribution in [0.2, 0.25) is 0 Å². The highest BCUT2D eigenvalue weighted by Crippen LogP contribution is 2.76. The Morgan fingerprint density at radius 3 is 1.68 bits per heavy atom. The molecule has 5 aliphatic carbocycles. The van der Waals surface area contributed by atoms with Crippen LogP contribution in [0.4, 0.5) is 0 Å². The molecule has 0 bridgehead atoms. The number of fused-ring (bicyclic) bond motifs is 7. The van der Waals surface area contributed by atoms with Gasteiger partial charge < -0.3 is 109 Å². The fraction of sp³-hybridized carbons (Fsp3) is 0.943. The first-order chi connectivity index (χ1) is 35.8. The van der Waals surface area contributed by atoms with E-state index < -0.39 is 177 Å². The standard InChI is InChI=1S/C53H86O23/c1-22-9-14-52(48(68)76-46-41(67)38(64)35(61)28(19-56)72-46)15-16-53(21-57)24(32(52)23(22)2)7-8-30-50(5)12-11-31(49(3,4)29(50)10-13-51(30,53)6)73-47-43(75-45-40(66)37(63)34(60)27(18-55)71-45)42(25(58)20-69-47)74-44-39(65)36(62)33(59)26(17-54)70-44/h7,22-23,25-47,54-67H,8-21H2,1-6H3/t22-,23+,25+,26-,27-,28-,29+,30-,31+,32+,33-,34-,35-,36+,37+,38+,39-,40-,41-,42+,43-,44+,45+,46+,47+,50+,51-,52+,53+/m1/s1. The number of aliphatic hydroxyl groups excluding tert-OH is 14. The number of carbonyl (C=O) groups excluding carboxylic acids is 1. The molecule has 9 aliphatic rings. The van der Waals surface area contributed by atoms with Crippen LogP contribution in [0.5, 0.6) is 0 Å². The van der Waals surface area contributed by atoms with Crippen LogP contribution in [0, 0.1) is 56.7 Å². The normalized spacial score (nSPS) is 54.3. The van der Waals surface area contributed by atoms with Crippen molar-refractivity contribution in [1.29, 1.82) is 0 Å². The molecule has 29 atom stereocenters. The lowest BCUT2D eigenvalue weighted by Crippen LogP contribution is -2.68. The molecule has 0 aromatic rings. The Morgan fingerprint density at radius 2 is 1.13 bits per heavy atom. The first-order valence-corrected chi connectivity index (χ1v) is 27.5. The zero-order valence-electron chi connectivity index (χ0n) is 44.3. The number of carbonyl (C=O) groups is 1. The van der Waals surface area contributed by atoms with E-state index in [1.54, 1.807) is 0 Å². The lowest BCUT2D eigenvalue weighted by molar-refractivity contribution is -0.389. The summed E-state index contributed by atoms with van der Waals surface area (Å²) in [6.07, 6.45) is -24.1. The Labute approximate surface area is 442 Å². The van der Waals surface area contributed by atoms with E-state index in [9.17, 15) is 76.3 Å². The number of aliphatic hydroxyl groups is 14. The first kappa shape index (κ1) is 59.0. The average Bonchev–Trinajstić information content (AvgIpc) is 3.58. The van der Waals surface area contributed by atoms with Crippen molar-refractivity contribution in [1.82, 2.24) is 0 Å². The Hall–Kier alpha value is -1.63. The van der Waals surface area contributed by atoms with Crippen molar-refractivity contribution >= 4 is 5.97 Å². The van der Waals surface area contributed by atoms with Crippen molar-refractivity contribution in [3.8, 4) is 0 Å². The molecule has 0 radical (unpaired) electrons. The van der Waals surface area contributed by atoms with Gasteiger partial charge in [0.25, 0.3) is 0 Å². The molecule has 0 spiro atoms. The van der Waals surface area contributed by atoms with Crippen molar-refractivity contribution in [3.05, 3.63) is 11.6 Å². The third-order valence-electron chi connectivity index (χ3n) is 21.3. The minimum Gasteiger partial charge on any atom is -0.432 e. The van der Waals surface area contributed by atoms with Crippen LogP contribution in [-0.2, 0) is 42.7 Å². The van der Waals surface area contributed by atoms with Gasteiger partial charge in [0.05, 0.1) is 44.6 Å². The van der Waals surface area contributed by atoms with Gasteiger partial charge in [-0.1, -0.05) is 53.2 Å². The minimum atomic E-state index is -1.89. The lowest BCUT2D eigenvalue weighted by Gasteiger charge is -2.71. The van der Waals surface area contributed by atoms with Crippen LogP contribution in [0.15, 0.2) is 11.6 Å². The number of ether oxygens (including phenoxy) is 8. The zero-order chi connectivity index (χ0) is 55.4. The summed E-state index contributed by atoms with van der Waals surface area (Å²) in [5.74, 6) is -0.631. The van der Waals surface area contributed by atoms with E-state index in [2.05, 4.69) is 47.6 Å². The number of esters is 1. The maximum absolute atomic E-state index is 14.8. The molecule has 8 fully saturated rings. The van der Waals surface area contributed by atoms with Crippen LogP contribution in [0.3, 0.4) is 0 Å². The number of rotatable bonds is 12. The molecule has 23 nitrogen and oxygen atoms in total. The summed E-state index contributed by atoms with van der Waals surface area (Å²) in [5.41, 5.74) is -2.09. The molecule has 0 aromatic heterocycles. The molecule has 436 valence electrons. The van der Waals surface area contributed by atoms with Crippen molar-refractivity contribution in [3.63, 3.8) is 0 Å². The first-order valence-electron chi connectivity index (χ1n) is 27.5. The molecule has 4 heterocycles. The van der Waals surface area contributed by atoms with E-state index in [-0.39, 0.29) is 41.6 Å². The maximum atomic E-state index is 14.8. The number of allylic oxidation sites excluding steroid dienone is 1. The summed E-state index contributed by atoms with van der Waals surface area (Å²) >= 11 is 0. The second-order valence-corrected chi connectivity index (χ2v) is 25.2. The summed E-state index contributed by atoms with van der Waals surface area (Å²) in [7, 11) is 0. The van der Waals surface area contributed by atoms with Crippen LogP contribution in [0.1, 0.15) is 99.3 Å². The molecule has 23 heteroatoms. The van der Waals surface area contributed by atoms with Crippen LogP contribution in [-0.4, -0.2) is 233 Å². The van der Waals surface area contributed by atoms with Gasteiger partial charge in [0.1, 0.15) is 91.6 Å². The Morgan fingerprint density at radius 1 is 0.592 bits per heavy atom. The van der Waals surface area contributed by atoms with Crippen LogP contribution >= 0.6 is 0 Å². The summed E-state index contributed by atoms with van der Waals surface area (Å²) in [5, 5.41) is 150. The molecule has 14 N–H and O–H groups in total. The monoisotopic (exact) mass is 1090 g/mol. The van der Waals surface area contributed by atoms with Gasteiger partial charge in [0.2, 0.25) is 6.29 Å². The van der Waals surface area contributed by atoms with Crippen molar-refractivity contribution < 1.29 is 114 Å². The maximum Gasteiger partial charge on any atom is 0.315 e. The Balaban J connectivity index is 0.990. The molecule has 9 rings (SSSR count). The Bertz CT molecular complexity index is 2060. The third-order valence-corrected chi connectivity index (χ3v) is 21.3. The quantitative estimate of drug-likeness (QED) is 0.0543. The van der Waals surface area contributed by atoms with E-state index in [1.807, 2.05) is 0 Å². The number of hydrogen-bond acceptors (Lipinski definition) is 23. The molecule has 4 saturated carbocycles. The predicted molar refractivity (Wildman–Crippen MR) is 258 cm³/mol. The topological polar surface area (TPSA) is 374 Å². The van der Waals surface area contributed by atoms with Crippen molar-refractivity contribution in [2.24, 2.45) is 56.7 Å². The van der Waals surface area contributed by atoms with E-state index >= 15 is 0 Å². The lowest BCUT2D eigenvalue weighted by atomic mass is 9.33. The molecule has 0 unspecified atom stereocenters. The molecule has 4 saturated heterocycles. The van der Waals surface area contributed by atoms with Gasteiger partial charge in [-0.3, -0.25) is 4.79 Å². The van der Waals surface area contributed by atoms with E-state index in [4.69, 9.17) is 37.9 Å². The van der Waals surface area contributed by atoms with E-state index in [0.29, 0.717) is 38.5 Å². The van der Waals surface area contributed by atoms with Crippen LogP contribution < -0.4 is 0 Å². The van der Waals surface area contributed by atoms with Gasteiger partial charge >= 0.3 is 5.97 Å². The summed E-state index contributed by atoms with van der Waals surface area (Å²) in [6, 6.07) is 0. The van der Waals surface area contributed by atoms with Gasteiger partial charge in [-0.05, 0) is 104 Å². The SMILES string of the molecule is C[C@H]1[C@H](C)CC[C@]2(C(=O)O[C@@H]3O[C@H](CO)[C@@H](O)[C@H](O)[C@H]3O)CC[C@]3(CO)C(=CC[C@@H]4[C@@]5(C)CC[C@H](O[C@@H]6OC[C@H](O)[C@H](O[C@@H]7O[C@H](CO)[C@@H](O)[C@H](O)[C@H]7O)[C@H]6O[C@@H]6O[C@H](CO)[C@@H](O)[C@H](O)[C@H]6O)C(C)(C)[C@@H]5CC[C@]43C)[C@H]12. The fourth-order valence-electron chi connectivity index (χ4n) is 16.6. The highest BCUT2D eigenvalue weighted by molar-refractivity contribution is 5.79. The van der Waals surface area contributed by atoms with Crippen LogP contribution in [0.25, 0.3) is 0 Å². The van der Waals surface area contributed by atoms with Crippen molar-refractivity contribution in [2.45, 2.75) is 222 Å². The molecule has 4 aliphatic heterocycles. The largest absolute Gasteiger partial charge is 0.432 e. The highest BCUT2D eigenvalue weighted by atomic mass is 16.8. The highest BCUT2D eigenvalue weighted by Gasteiger charge is 2.72. The second-order valence-electron chi connectivity index (χ2n) is 25.2. The van der Waals surface area contributed by atoms with E-state index in [1.165, 1.54) is 0 Å². The third kappa shape index (κ3) is 9.27. The van der Waals surface area contributed by atoms with Gasteiger partial charge in [-0.25, -0.2) is 0 Å². The zero-order valence-corrected chi connectivity index (χ0v) is 44.3. The van der Waals surface area contributed by atoms with Gasteiger partial charge in [0, 0.05) is 5.41 Å². The molecular weight excluding hydrogens is 1000 g/mol. The summed E-state index contributed by atoms with van der Waals surface area (Å²) in [6.45, 7) is 10.4. The molecule has 0 amide bonds. The second kappa shape index (κ2) is 21.9. The fourth-order valence-corrected chi connectivity index (χ4v) is 16.6. The summed E-state index contributed by atoms with van der Waals surface area (Å²) in [4.78, 5) is 14.8. The van der Waals surface area contributed by atoms with Gasteiger partial charge in [-0.2, -0.15) is 0 Å². The number of hydrogen-bond donors (Lipinski definition) is 14.